The van der Waals surface area contributed by atoms with Crippen molar-refractivity contribution in [3.05, 3.63) is 78.4 Å². The highest BCUT2D eigenvalue weighted by Crippen LogP contribution is 2.33. The molecule has 42 heavy (non-hydrogen) atoms. The highest BCUT2D eigenvalue weighted by molar-refractivity contribution is 5.83. The first-order valence-corrected chi connectivity index (χ1v) is 17.3. The second-order valence-corrected chi connectivity index (χ2v) is 12.0. The Balaban J connectivity index is 1.43. The predicted octanol–water partition coefficient (Wildman–Crippen LogP) is 12.8. The molecule has 0 bridgehead atoms. The van der Waals surface area contributed by atoms with Crippen LogP contribution in [0.3, 0.4) is 0 Å². The van der Waals surface area contributed by atoms with Gasteiger partial charge in [-0.1, -0.05) is 164 Å². The summed E-state index contributed by atoms with van der Waals surface area (Å²) in [4.78, 5) is 0. The smallest absolute Gasteiger partial charge is 0.119 e. The molecule has 3 aromatic carbocycles. The molecule has 0 fully saturated rings. The summed E-state index contributed by atoms with van der Waals surface area (Å²) < 4.78 is 12.2. The third-order valence-corrected chi connectivity index (χ3v) is 8.42. The highest BCUT2D eigenvalue weighted by atomic mass is 16.5. The minimum absolute atomic E-state index is 0.123. The third kappa shape index (κ3) is 12.7. The molecule has 3 rings (SSSR count). The molecule has 0 amide bonds. The molecule has 0 aliphatic heterocycles. The molecule has 0 saturated carbocycles. The third-order valence-electron chi connectivity index (χ3n) is 8.42. The Kier molecular flexibility index (Phi) is 17.1. The van der Waals surface area contributed by atoms with E-state index >= 15 is 0 Å². The van der Waals surface area contributed by atoms with Gasteiger partial charge in [0.2, 0.25) is 0 Å². The van der Waals surface area contributed by atoms with E-state index in [-0.39, 0.29) is 6.10 Å². The summed E-state index contributed by atoms with van der Waals surface area (Å²) >= 11 is 0. The van der Waals surface area contributed by atoms with Crippen LogP contribution in [0.5, 0.6) is 5.75 Å². The standard InChI is InChI=1S/C40H58O2/c1-4-6-8-10-12-13-14-15-17-21-33-42-38-30-28-37(29-31-38)40-23-19-18-22-39(40)36-26-24-35(25-27-36)34(3)41-32-20-16-11-9-7-5-2/h18-19,22-31,34H,4-17,20-21,32-33H2,1-3H3. The highest BCUT2D eigenvalue weighted by Gasteiger charge is 2.10. The van der Waals surface area contributed by atoms with Gasteiger partial charge in [0, 0.05) is 6.61 Å². The Hall–Kier alpha value is -2.58. The lowest BCUT2D eigenvalue weighted by Gasteiger charge is -2.15. The van der Waals surface area contributed by atoms with E-state index in [0.29, 0.717) is 0 Å². The van der Waals surface area contributed by atoms with Gasteiger partial charge in [-0.25, -0.2) is 0 Å². The van der Waals surface area contributed by atoms with Gasteiger partial charge in [-0.15, -0.1) is 0 Å². The van der Waals surface area contributed by atoms with Gasteiger partial charge in [0.25, 0.3) is 0 Å². The summed E-state index contributed by atoms with van der Waals surface area (Å²) in [7, 11) is 0. The van der Waals surface area contributed by atoms with Crippen molar-refractivity contribution in [3.63, 3.8) is 0 Å². The van der Waals surface area contributed by atoms with Crippen LogP contribution >= 0.6 is 0 Å². The van der Waals surface area contributed by atoms with Gasteiger partial charge in [0.15, 0.2) is 0 Å². The predicted molar refractivity (Wildman–Crippen MR) is 182 cm³/mol. The molecule has 1 atom stereocenters. The van der Waals surface area contributed by atoms with Crippen LogP contribution in [0.1, 0.15) is 135 Å². The normalized spacial score (nSPS) is 12.0. The van der Waals surface area contributed by atoms with Gasteiger partial charge >= 0.3 is 0 Å². The summed E-state index contributed by atoms with van der Waals surface area (Å²) in [6, 6.07) is 26.2. The molecule has 0 spiro atoms. The van der Waals surface area contributed by atoms with Crippen LogP contribution in [-0.4, -0.2) is 13.2 Å². The van der Waals surface area contributed by atoms with Gasteiger partial charge in [-0.05, 0) is 59.7 Å². The largest absolute Gasteiger partial charge is 0.494 e. The fourth-order valence-corrected chi connectivity index (χ4v) is 5.67. The van der Waals surface area contributed by atoms with Crippen LogP contribution < -0.4 is 4.74 Å². The van der Waals surface area contributed by atoms with Crippen molar-refractivity contribution in [3.8, 4) is 28.0 Å². The van der Waals surface area contributed by atoms with Crippen molar-refractivity contribution < 1.29 is 9.47 Å². The van der Waals surface area contributed by atoms with Gasteiger partial charge in [-0.2, -0.15) is 0 Å². The first-order valence-electron chi connectivity index (χ1n) is 17.3. The summed E-state index contributed by atoms with van der Waals surface area (Å²) in [5, 5.41) is 0. The number of unbranched alkanes of at least 4 members (excludes halogenated alkanes) is 14. The van der Waals surface area contributed by atoms with E-state index in [9.17, 15) is 0 Å². The number of benzene rings is 3. The van der Waals surface area contributed by atoms with Crippen molar-refractivity contribution in [2.75, 3.05) is 13.2 Å². The van der Waals surface area contributed by atoms with Crippen LogP contribution in [0.4, 0.5) is 0 Å². The summed E-state index contributed by atoms with van der Waals surface area (Å²) in [6.45, 7) is 8.36. The zero-order valence-electron chi connectivity index (χ0n) is 27.0. The lowest BCUT2D eigenvalue weighted by atomic mass is 9.94. The van der Waals surface area contributed by atoms with E-state index in [0.717, 1.165) is 31.8 Å². The molecule has 0 radical (unpaired) electrons. The van der Waals surface area contributed by atoms with E-state index in [1.165, 1.54) is 118 Å². The number of hydrogen-bond donors (Lipinski definition) is 0. The van der Waals surface area contributed by atoms with Crippen molar-refractivity contribution in [1.82, 2.24) is 0 Å². The maximum Gasteiger partial charge on any atom is 0.119 e. The van der Waals surface area contributed by atoms with Crippen LogP contribution in [0.2, 0.25) is 0 Å². The molecule has 0 N–H and O–H groups in total. The van der Waals surface area contributed by atoms with Gasteiger partial charge in [-0.3, -0.25) is 0 Å². The molecular weight excluding hydrogens is 512 g/mol. The number of ether oxygens (including phenoxy) is 2. The first-order chi connectivity index (χ1) is 20.7. The summed E-state index contributed by atoms with van der Waals surface area (Å²) in [5.41, 5.74) is 6.20. The van der Waals surface area contributed by atoms with E-state index in [1.54, 1.807) is 0 Å². The molecule has 2 nitrogen and oxygen atoms in total. The maximum atomic E-state index is 6.14. The minimum Gasteiger partial charge on any atom is -0.494 e. The zero-order valence-corrected chi connectivity index (χ0v) is 27.0. The number of rotatable bonds is 23. The van der Waals surface area contributed by atoms with Gasteiger partial charge in [0.05, 0.1) is 12.7 Å². The molecule has 0 aliphatic rings. The Morgan fingerprint density at radius 3 is 1.40 bits per heavy atom. The SMILES string of the molecule is CCCCCCCCCCCCOc1ccc(-c2ccccc2-c2ccc(C(C)OCCCCCCCC)cc2)cc1. The average Bonchev–Trinajstić information content (AvgIpc) is 3.03. The van der Waals surface area contributed by atoms with Crippen LogP contribution in [0.15, 0.2) is 72.8 Å². The Labute approximate surface area is 258 Å². The molecule has 2 heteroatoms. The Bertz CT molecular complexity index is 1070. The summed E-state index contributed by atoms with van der Waals surface area (Å²) in [6.07, 6.45) is 21.4. The van der Waals surface area contributed by atoms with E-state index in [2.05, 4.69) is 93.6 Å². The molecule has 230 valence electrons. The minimum atomic E-state index is 0.123. The van der Waals surface area contributed by atoms with Gasteiger partial charge in [0.1, 0.15) is 5.75 Å². The van der Waals surface area contributed by atoms with Gasteiger partial charge < -0.3 is 9.47 Å². The van der Waals surface area contributed by atoms with Crippen LogP contribution in [0, 0.1) is 0 Å². The molecule has 0 aliphatic carbocycles. The molecular formula is C40H58O2. The topological polar surface area (TPSA) is 18.5 Å². The second kappa shape index (κ2) is 21.2. The first kappa shape index (κ1) is 33.9. The van der Waals surface area contributed by atoms with Crippen LogP contribution in [-0.2, 0) is 4.74 Å². The monoisotopic (exact) mass is 570 g/mol. The molecule has 0 saturated heterocycles. The number of hydrogen-bond acceptors (Lipinski definition) is 2. The molecule has 0 heterocycles. The van der Waals surface area contributed by atoms with Crippen molar-refractivity contribution in [2.24, 2.45) is 0 Å². The fourth-order valence-electron chi connectivity index (χ4n) is 5.67. The quantitative estimate of drug-likeness (QED) is 0.106. The maximum absolute atomic E-state index is 6.14. The molecule has 3 aromatic rings. The fraction of sp³-hybridized carbons (Fsp3) is 0.550. The Morgan fingerprint density at radius 2 is 0.905 bits per heavy atom. The van der Waals surface area contributed by atoms with Crippen molar-refractivity contribution >= 4 is 0 Å². The Morgan fingerprint density at radius 1 is 0.476 bits per heavy atom. The average molecular weight is 571 g/mol. The van der Waals surface area contributed by atoms with Crippen molar-refractivity contribution in [1.29, 1.82) is 0 Å². The van der Waals surface area contributed by atoms with Crippen molar-refractivity contribution in [2.45, 2.75) is 130 Å². The molecule has 1 unspecified atom stereocenters. The lowest BCUT2D eigenvalue weighted by molar-refractivity contribution is 0.0627. The molecule has 0 aromatic heterocycles. The van der Waals surface area contributed by atoms with Crippen LogP contribution in [0.25, 0.3) is 22.3 Å². The lowest BCUT2D eigenvalue weighted by Crippen LogP contribution is -2.02. The van der Waals surface area contributed by atoms with E-state index in [4.69, 9.17) is 9.47 Å². The van der Waals surface area contributed by atoms with E-state index in [1.807, 2.05) is 0 Å². The summed E-state index contributed by atoms with van der Waals surface area (Å²) in [5.74, 6) is 0.964. The zero-order chi connectivity index (χ0) is 29.7. The van der Waals surface area contributed by atoms with E-state index < -0.39 is 0 Å². The second-order valence-electron chi connectivity index (χ2n) is 12.0.